The molecule has 2 aliphatic carbocycles. The van der Waals surface area contributed by atoms with Gasteiger partial charge in [0.15, 0.2) is 0 Å². The van der Waals surface area contributed by atoms with Crippen LogP contribution in [0.15, 0.2) is 48.5 Å². The highest BCUT2D eigenvalue weighted by Crippen LogP contribution is 2.44. The fourth-order valence-electron chi connectivity index (χ4n) is 4.23. The van der Waals surface area contributed by atoms with E-state index in [9.17, 15) is 14.4 Å². The Labute approximate surface area is 192 Å². The third kappa shape index (κ3) is 5.90. The van der Waals surface area contributed by atoms with Crippen molar-refractivity contribution >= 4 is 18.0 Å². The van der Waals surface area contributed by atoms with Gasteiger partial charge in [0, 0.05) is 12.5 Å². The summed E-state index contributed by atoms with van der Waals surface area (Å²) in [6.45, 7) is 0.0127. The molecule has 1 fully saturated rings. The molecule has 1 saturated carbocycles. The van der Waals surface area contributed by atoms with Crippen LogP contribution in [-0.4, -0.2) is 55.5 Å². The zero-order valence-electron chi connectivity index (χ0n) is 18.3. The predicted octanol–water partition coefficient (Wildman–Crippen LogP) is 2.91. The van der Waals surface area contributed by atoms with Crippen molar-refractivity contribution in [2.75, 3.05) is 26.4 Å². The van der Waals surface area contributed by atoms with Crippen LogP contribution in [0.4, 0.5) is 4.79 Å². The number of nitrogens with one attached hydrogen (secondary N) is 2. The van der Waals surface area contributed by atoms with E-state index in [1.54, 1.807) is 0 Å². The quantitative estimate of drug-likeness (QED) is 0.452. The highest BCUT2D eigenvalue weighted by Gasteiger charge is 2.32. The lowest BCUT2D eigenvalue weighted by Gasteiger charge is -2.19. The van der Waals surface area contributed by atoms with Crippen molar-refractivity contribution in [1.29, 1.82) is 0 Å². The maximum Gasteiger partial charge on any atom is 0.407 e. The van der Waals surface area contributed by atoms with E-state index in [-0.39, 0.29) is 31.6 Å². The minimum absolute atomic E-state index is 0.0507. The first-order valence-electron chi connectivity index (χ1n) is 11.2. The minimum atomic E-state index is -1.06. The molecule has 3 N–H and O–H groups in total. The van der Waals surface area contributed by atoms with Crippen LogP contribution in [0.2, 0.25) is 0 Å². The number of benzene rings is 2. The molecular weight excluding hydrogens is 424 g/mol. The number of carboxylic acid groups (broad SMARTS) is 1. The Hall–Kier alpha value is -3.39. The Morgan fingerprint density at radius 2 is 1.64 bits per heavy atom. The molecule has 1 unspecified atom stereocenters. The second kappa shape index (κ2) is 10.5. The average Bonchev–Trinajstić information content (AvgIpc) is 3.57. The van der Waals surface area contributed by atoms with Crippen molar-refractivity contribution in [2.24, 2.45) is 5.92 Å². The summed E-state index contributed by atoms with van der Waals surface area (Å²) in [6, 6.07) is 15.5. The highest BCUT2D eigenvalue weighted by atomic mass is 16.5. The maximum absolute atomic E-state index is 12.6. The van der Waals surface area contributed by atoms with Crippen molar-refractivity contribution in [1.82, 2.24) is 10.6 Å². The van der Waals surface area contributed by atoms with Crippen LogP contribution in [0, 0.1) is 5.92 Å². The minimum Gasteiger partial charge on any atom is -0.480 e. The Morgan fingerprint density at radius 3 is 2.24 bits per heavy atom. The number of hydrogen-bond donors (Lipinski definition) is 3. The molecule has 0 spiro atoms. The second-order valence-corrected chi connectivity index (χ2v) is 8.44. The largest absolute Gasteiger partial charge is 0.480 e. The molecule has 174 valence electrons. The molecule has 2 aliphatic rings. The van der Waals surface area contributed by atoms with Crippen LogP contribution in [0.3, 0.4) is 0 Å². The lowest BCUT2D eigenvalue weighted by molar-refractivity contribution is -0.142. The van der Waals surface area contributed by atoms with E-state index in [2.05, 4.69) is 34.9 Å². The van der Waals surface area contributed by atoms with E-state index >= 15 is 0 Å². The van der Waals surface area contributed by atoms with Gasteiger partial charge in [-0.05, 0) is 34.6 Å². The smallest absolute Gasteiger partial charge is 0.407 e. The maximum atomic E-state index is 12.6. The fourth-order valence-corrected chi connectivity index (χ4v) is 4.23. The van der Waals surface area contributed by atoms with E-state index in [4.69, 9.17) is 14.6 Å². The van der Waals surface area contributed by atoms with Crippen LogP contribution in [0.5, 0.6) is 0 Å². The van der Waals surface area contributed by atoms with Gasteiger partial charge in [-0.25, -0.2) is 9.59 Å². The molecule has 4 rings (SSSR count). The van der Waals surface area contributed by atoms with Gasteiger partial charge in [-0.15, -0.1) is 0 Å². The number of alkyl carbamates (subject to hydrolysis) is 1. The number of carbonyl (C=O) groups excluding carboxylic acids is 2. The topological polar surface area (TPSA) is 114 Å². The number of aliphatic carboxylic acids is 1. The zero-order valence-corrected chi connectivity index (χ0v) is 18.3. The van der Waals surface area contributed by atoms with Crippen LogP contribution in [-0.2, 0) is 19.1 Å². The van der Waals surface area contributed by atoms with Gasteiger partial charge in [-0.3, -0.25) is 4.79 Å². The summed E-state index contributed by atoms with van der Waals surface area (Å²) < 4.78 is 10.5. The summed E-state index contributed by atoms with van der Waals surface area (Å²) in [7, 11) is 0. The van der Waals surface area contributed by atoms with Gasteiger partial charge in [-0.1, -0.05) is 61.4 Å². The predicted molar refractivity (Wildman–Crippen MR) is 121 cm³/mol. The molecule has 0 radical (unpaired) electrons. The van der Waals surface area contributed by atoms with Crippen LogP contribution < -0.4 is 10.6 Å². The van der Waals surface area contributed by atoms with E-state index in [1.807, 2.05) is 24.3 Å². The summed E-state index contributed by atoms with van der Waals surface area (Å²) in [5.74, 6) is -1.03. The van der Waals surface area contributed by atoms with E-state index in [0.29, 0.717) is 12.3 Å². The number of hydrogen-bond acceptors (Lipinski definition) is 5. The van der Waals surface area contributed by atoms with Gasteiger partial charge < -0.3 is 25.2 Å². The number of carbonyl (C=O) groups is 3. The molecule has 2 amide bonds. The first-order valence-corrected chi connectivity index (χ1v) is 11.2. The lowest BCUT2D eigenvalue weighted by Crippen LogP contribution is -2.48. The van der Waals surface area contributed by atoms with Crippen LogP contribution in [0.1, 0.15) is 36.3 Å². The normalized spacial score (nSPS) is 15.3. The van der Waals surface area contributed by atoms with E-state index in [0.717, 1.165) is 35.1 Å². The molecule has 0 heterocycles. The standard InChI is InChI=1S/C25H28N2O6/c28-23(29)15-32-12-11-26-24(30)22(13-16-9-10-16)27-25(31)33-14-21-19-7-3-1-5-17(19)18-6-2-4-8-20(18)21/h1-8,16,21-22H,9-15H2,(H,26,30)(H,27,31)(H,28,29). The SMILES string of the molecule is O=C(O)COCCNC(=O)C(CC1CC1)NC(=O)OCC1c2ccccc2-c2ccccc21. The molecule has 2 aromatic carbocycles. The number of ether oxygens (including phenoxy) is 2. The summed E-state index contributed by atoms with van der Waals surface area (Å²) in [5, 5.41) is 14.0. The summed E-state index contributed by atoms with van der Waals surface area (Å²) in [4.78, 5) is 35.6. The Morgan fingerprint density at radius 1 is 1.00 bits per heavy atom. The third-order valence-corrected chi connectivity index (χ3v) is 5.99. The number of rotatable bonds is 11. The van der Waals surface area contributed by atoms with Crippen LogP contribution >= 0.6 is 0 Å². The number of fused-ring (bicyclic) bond motifs is 3. The van der Waals surface area contributed by atoms with Gasteiger partial charge in [0.2, 0.25) is 5.91 Å². The molecule has 2 aromatic rings. The third-order valence-electron chi connectivity index (χ3n) is 5.99. The summed E-state index contributed by atoms with van der Waals surface area (Å²) >= 11 is 0. The Balaban J connectivity index is 1.31. The number of amides is 2. The highest BCUT2D eigenvalue weighted by molar-refractivity contribution is 5.85. The van der Waals surface area contributed by atoms with Crippen molar-refractivity contribution in [2.45, 2.75) is 31.2 Å². The first-order chi connectivity index (χ1) is 16.0. The average molecular weight is 453 g/mol. The fraction of sp³-hybridized carbons (Fsp3) is 0.400. The van der Waals surface area contributed by atoms with Gasteiger partial charge in [0.25, 0.3) is 0 Å². The molecule has 0 saturated heterocycles. The molecule has 0 aromatic heterocycles. The molecular formula is C25H28N2O6. The molecule has 8 heteroatoms. The van der Waals surface area contributed by atoms with Crippen LogP contribution in [0.25, 0.3) is 11.1 Å². The summed E-state index contributed by atoms with van der Waals surface area (Å²) in [5.41, 5.74) is 4.55. The van der Waals surface area contributed by atoms with Gasteiger partial charge in [0.1, 0.15) is 19.3 Å². The second-order valence-electron chi connectivity index (χ2n) is 8.44. The Bertz CT molecular complexity index is 974. The number of carboxylic acids is 1. The van der Waals surface area contributed by atoms with Gasteiger partial charge >= 0.3 is 12.1 Å². The van der Waals surface area contributed by atoms with E-state index < -0.39 is 24.7 Å². The molecule has 0 aliphatic heterocycles. The van der Waals surface area contributed by atoms with Gasteiger partial charge in [0.05, 0.1) is 6.61 Å². The molecule has 8 nitrogen and oxygen atoms in total. The monoisotopic (exact) mass is 452 g/mol. The van der Waals surface area contributed by atoms with Crippen molar-refractivity contribution in [3.05, 3.63) is 59.7 Å². The zero-order chi connectivity index (χ0) is 23.2. The van der Waals surface area contributed by atoms with Crippen molar-refractivity contribution in [3.8, 4) is 11.1 Å². The Kier molecular flexibility index (Phi) is 7.24. The first kappa shape index (κ1) is 22.8. The van der Waals surface area contributed by atoms with Crippen molar-refractivity contribution < 1.29 is 29.0 Å². The lowest BCUT2D eigenvalue weighted by atomic mass is 9.98. The molecule has 0 bridgehead atoms. The molecule has 1 atom stereocenters. The summed E-state index contributed by atoms with van der Waals surface area (Å²) in [6.07, 6.45) is 2.00. The van der Waals surface area contributed by atoms with Crippen molar-refractivity contribution in [3.63, 3.8) is 0 Å². The van der Waals surface area contributed by atoms with E-state index in [1.165, 1.54) is 0 Å². The molecule has 33 heavy (non-hydrogen) atoms. The van der Waals surface area contributed by atoms with Gasteiger partial charge in [-0.2, -0.15) is 0 Å².